The van der Waals surface area contributed by atoms with Gasteiger partial charge in [-0.05, 0) is 19.3 Å². The van der Waals surface area contributed by atoms with Gasteiger partial charge in [-0.15, -0.1) is 0 Å². The van der Waals surface area contributed by atoms with E-state index in [1.807, 2.05) is 0 Å². The lowest BCUT2D eigenvalue weighted by Crippen LogP contribution is -2.55. The van der Waals surface area contributed by atoms with Crippen molar-refractivity contribution in [3.8, 4) is 0 Å². The molecule has 2 heterocycles. The number of amides is 1. The molecule has 1 N–H and O–H groups in total. The predicted octanol–water partition coefficient (Wildman–Crippen LogP) is 0.0804. The summed E-state index contributed by atoms with van der Waals surface area (Å²) in [5.41, 5.74) is -0.690. The van der Waals surface area contributed by atoms with Crippen LogP contribution in [-0.2, 0) is 19.1 Å². The maximum absolute atomic E-state index is 12.1. The van der Waals surface area contributed by atoms with E-state index in [9.17, 15) is 14.7 Å². The third-order valence-corrected chi connectivity index (χ3v) is 4.13. The van der Waals surface area contributed by atoms with Gasteiger partial charge in [0, 0.05) is 20.0 Å². The maximum Gasteiger partial charge on any atom is 0.331 e. The second-order valence-electron chi connectivity index (χ2n) is 5.26. The van der Waals surface area contributed by atoms with Crippen LogP contribution in [0.3, 0.4) is 0 Å². The molecule has 0 aromatic rings. The largest absolute Gasteiger partial charge is 0.467 e. The molecule has 0 aromatic heterocycles. The molecule has 2 aliphatic heterocycles. The third-order valence-electron chi connectivity index (χ3n) is 4.13. The topological polar surface area (TPSA) is 76.1 Å². The van der Waals surface area contributed by atoms with Crippen molar-refractivity contribution in [3.63, 3.8) is 0 Å². The Labute approximate surface area is 112 Å². The van der Waals surface area contributed by atoms with Gasteiger partial charge in [0.2, 0.25) is 5.91 Å². The van der Waals surface area contributed by atoms with E-state index in [0.717, 1.165) is 12.8 Å². The van der Waals surface area contributed by atoms with Crippen LogP contribution in [0.15, 0.2) is 0 Å². The second-order valence-corrected chi connectivity index (χ2v) is 5.26. The molecular weight excluding hydrogens is 250 g/mol. The van der Waals surface area contributed by atoms with E-state index < -0.39 is 17.6 Å². The van der Waals surface area contributed by atoms with E-state index in [4.69, 9.17) is 9.47 Å². The lowest BCUT2D eigenvalue weighted by molar-refractivity contribution is -0.166. The summed E-state index contributed by atoms with van der Waals surface area (Å²) < 4.78 is 10.7. The Morgan fingerprint density at radius 2 is 2.21 bits per heavy atom. The first kappa shape index (κ1) is 14.3. The van der Waals surface area contributed by atoms with Gasteiger partial charge in [-0.25, -0.2) is 4.79 Å². The van der Waals surface area contributed by atoms with Gasteiger partial charge in [-0.2, -0.15) is 0 Å². The molecule has 0 bridgehead atoms. The van der Waals surface area contributed by atoms with E-state index in [1.54, 1.807) is 0 Å². The number of hydrogen-bond acceptors (Lipinski definition) is 5. The van der Waals surface area contributed by atoms with Crippen LogP contribution in [0.5, 0.6) is 0 Å². The van der Waals surface area contributed by atoms with Gasteiger partial charge in [0.05, 0.1) is 19.8 Å². The standard InChI is InChI=1S/C13H21NO5/c1-9(16)14-10(8-15)7-13(5-3-4-6-19-13)11(14)12(17)18-2/h10-11,15H,3-8H2,1-2H3/t10?,11?,13-/m0/s1. The smallest absolute Gasteiger partial charge is 0.331 e. The summed E-state index contributed by atoms with van der Waals surface area (Å²) in [4.78, 5) is 25.3. The zero-order valence-corrected chi connectivity index (χ0v) is 11.4. The van der Waals surface area contributed by atoms with E-state index in [1.165, 1.54) is 18.9 Å². The number of esters is 1. The molecule has 2 aliphatic rings. The van der Waals surface area contributed by atoms with Crippen molar-refractivity contribution >= 4 is 11.9 Å². The summed E-state index contributed by atoms with van der Waals surface area (Å²) in [7, 11) is 1.31. The summed E-state index contributed by atoms with van der Waals surface area (Å²) in [6.45, 7) is 1.82. The van der Waals surface area contributed by atoms with Gasteiger partial charge in [0.15, 0.2) is 6.04 Å². The average Bonchev–Trinajstić information content (AvgIpc) is 2.73. The predicted molar refractivity (Wildman–Crippen MR) is 66.3 cm³/mol. The van der Waals surface area contributed by atoms with Crippen molar-refractivity contribution < 1.29 is 24.2 Å². The first-order valence-corrected chi connectivity index (χ1v) is 6.67. The molecule has 3 atom stereocenters. The molecule has 1 spiro atoms. The highest BCUT2D eigenvalue weighted by molar-refractivity contribution is 5.85. The van der Waals surface area contributed by atoms with Crippen LogP contribution in [0.25, 0.3) is 0 Å². The summed E-state index contributed by atoms with van der Waals surface area (Å²) >= 11 is 0. The number of likely N-dealkylation sites (tertiary alicyclic amines) is 1. The first-order chi connectivity index (χ1) is 9.05. The SMILES string of the molecule is COC(=O)C1N(C(C)=O)C(CO)C[C@@]12CCCCO2. The number of ether oxygens (including phenoxy) is 2. The van der Waals surface area contributed by atoms with Crippen LogP contribution in [-0.4, -0.2) is 59.9 Å². The molecule has 6 nitrogen and oxygen atoms in total. The number of methoxy groups -OCH3 is 1. The number of aliphatic hydroxyl groups excluding tert-OH is 1. The number of aliphatic hydroxyl groups is 1. The monoisotopic (exact) mass is 271 g/mol. The quantitative estimate of drug-likeness (QED) is 0.720. The maximum atomic E-state index is 12.1. The van der Waals surface area contributed by atoms with Crippen molar-refractivity contribution in [3.05, 3.63) is 0 Å². The highest BCUT2D eigenvalue weighted by Crippen LogP contribution is 2.43. The fourth-order valence-electron chi connectivity index (χ4n) is 3.36. The van der Waals surface area contributed by atoms with Gasteiger partial charge < -0.3 is 19.5 Å². The average molecular weight is 271 g/mol. The van der Waals surface area contributed by atoms with Gasteiger partial charge in [0.1, 0.15) is 5.60 Å². The van der Waals surface area contributed by atoms with Gasteiger partial charge in [-0.3, -0.25) is 4.79 Å². The number of rotatable bonds is 2. The van der Waals surface area contributed by atoms with Crippen LogP contribution in [0.2, 0.25) is 0 Å². The highest BCUT2D eigenvalue weighted by Gasteiger charge is 2.58. The van der Waals surface area contributed by atoms with Crippen molar-refractivity contribution in [1.29, 1.82) is 0 Å². The van der Waals surface area contributed by atoms with Crippen LogP contribution >= 0.6 is 0 Å². The second kappa shape index (κ2) is 5.46. The molecule has 19 heavy (non-hydrogen) atoms. The van der Waals surface area contributed by atoms with Crippen LogP contribution in [0.1, 0.15) is 32.6 Å². The van der Waals surface area contributed by atoms with Crippen molar-refractivity contribution in [2.45, 2.75) is 50.3 Å². The summed E-state index contributed by atoms with van der Waals surface area (Å²) in [5.74, 6) is -0.700. The molecule has 2 rings (SSSR count). The number of nitrogens with zero attached hydrogens (tertiary/aromatic N) is 1. The lowest BCUT2D eigenvalue weighted by atomic mass is 9.85. The number of carbonyl (C=O) groups is 2. The molecule has 108 valence electrons. The van der Waals surface area contributed by atoms with Crippen molar-refractivity contribution in [1.82, 2.24) is 4.90 Å². The Hall–Kier alpha value is -1.14. The van der Waals surface area contributed by atoms with Crippen LogP contribution in [0.4, 0.5) is 0 Å². The molecule has 0 radical (unpaired) electrons. The van der Waals surface area contributed by atoms with Crippen LogP contribution < -0.4 is 0 Å². The van der Waals surface area contributed by atoms with Crippen molar-refractivity contribution in [2.24, 2.45) is 0 Å². The zero-order chi connectivity index (χ0) is 14.0. The van der Waals surface area contributed by atoms with Gasteiger partial charge in [0.25, 0.3) is 0 Å². The zero-order valence-electron chi connectivity index (χ0n) is 11.4. The highest BCUT2D eigenvalue weighted by atomic mass is 16.5. The fraction of sp³-hybridized carbons (Fsp3) is 0.846. The fourth-order valence-corrected chi connectivity index (χ4v) is 3.36. The normalized spacial score (nSPS) is 34.6. The third kappa shape index (κ3) is 2.34. The molecule has 0 saturated carbocycles. The minimum Gasteiger partial charge on any atom is -0.467 e. The minimum atomic E-state index is -0.743. The Kier molecular flexibility index (Phi) is 4.10. The van der Waals surface area contributed by atoms with E-state index in [0.29, 0.717) is 19.4 Å². The van der Waals surface area contributed by atoms with E-state index in [2.05, 4.69) is 0 Å². The molecule has 0 aromatic carbocycles. The summed E-state index contributed by atoms with van der Waals surface area (Å²) in [6, 6.07) is -1.12. The number of hydrogen-bond donors (Lipinski definition) is 1. The lowest BCUT2D eigenvalue weighted by Gasteiger charge is -2.38. The minimum absolute atomic E-state index is 0.168. The van der Waals surface area contributed by atoms with E-state index in [-0.39, 0.29) is 18.6 Å². The van der Waals surface area contributed by atoms with Gasteiger partial charge >= 0.3 is 5.97 Å². The Morgan fingerprint density at radius 1 is 1.47 bits per heavy atom. The van der Waals surface area contributed by atoms with E-state index >= 15 is 0 Å². The van der Waals surface area contributed by atoms with Crippen LogP contribution in [0, 0.1) is 0 Å². The number of carbonyl (C=O) groups excluding carboxylic acids is 2. The Morgan fingerprint density at radius 3 is 2.68 bits per heavy atom. The molecule has 2 saturated heterocycles. The molecule has 0 aliphatic carbocycles. The van der Waals surface area contributed by atoms with Gasteiger partial charge in [-0.1, -0.05) is 0 Å². The summed E-state index contributed by atoms with van der Waals surface area (Å²) in [6.07, 6.45) is 3.12. The first-order valence-electron chi connectivity index (χ1n) is 6.67. The molecular formula is C13H21NO5. The Bertz CT molecular complexity index is 364. The summed E-state index contributed by atoms with van der Waals surface area (Å²) in [5, 5.41) is 9.47. The molecule has 2 unspecified atom stereocenters. The molecule has 1 amide bonds. The Balaban J connectivity index is 2.36. The van der Waals surface area contributed by atoms with Crippen molar-refractivity contribution in [2.75, 3.05) is 20.3 Å². The molecule has 2 fully saturated rings. The molecule has 6 heteroatoms.